The van der Waals surface area contributed by atoms with Crippen LogP contribution in [-0.4, -0.2) is 36.1 Å². The number of piperidine rings is 1. The van der Waals surface area contributed by atoms with Crippen LogP contribution < -0.4 is 0 Å². The standard InChI is InChI=1S/C21H29NO2.ClH/c1-16(2)12-13-22-15-17(3)20(14-18(22)4)24-21(23)11-10-19-8-6-5-7-9-19;/h5-12,17-18,20H,13-15H2,1-4H3;1H/b11-10-;. The van der Waals surface area contributed by atoms with E-state index >= 15 is 0 Å². The molecule has 1 aromatic rings. The SMILES string of the molecule is CC(C)=CCN1CC(C)C(OC(=O)/C=C\c2ccccc2)CC1C.Cl. The van der Waals surface area contributed by atoms with Gasteiger partial charge >= 0.3 is 5.97 Å². The van der Waals surface area contributed by atoms with Crippen LogP contribution in [0, 0.1) is 5.92 Å². The van der Waals surface area contributed by atoms with Gasteiger partial charge in [-0.2, -0.15) is 0 Å². The van der Waals surface area contributed by atoms with E-state index in [-0.39, 0.29) is 24.5 Å². The van der Waals surface area contributed by atoms with E-state index in [4.69, 9.17) is 4.74 Å². The lowest BCUT2D eigenvalue weighted by molar-refractivity contribution is -0.149. The number of halogens is 1. The maximum absolute atomic E-state index is 12.1. The number of allylic oxidation sites excluding steroid dienone is 1. The first-order valence-corrected chi connectivity index (χ1v) is 8.77. The second-order valence-corrected chi connectivity index (χ2v) is 7.02. The largest absolute Gasteiger partial charge is 0.459 e. The Bertz CT molecular complexity index is 593. The third-order valence-electron chi connectivity index (χ3n) is 4.57. The molecule has 1 aromatic carbocycles. The average molecular weight is 364 g/mol. The van der Waals surface area contributed by atoms with Crippen molar-refractivity contribution in [3.05, 3.63) is 53.6 Å². The molecule has 0 saturated carbocycles. The van der Waals surface area contributed by atoms with Crippen LogP contribution in [0.15, 0.2) is 48.1 Å². The molecule has 0 aromatic heterocycles. The molecule has 138 valence electrons. The first kappa shape index (κ1) is 21.5. The molecule has 0 bridgehead atoms. The van der Waals surface area contributed by atoms with Crippen LogP contribution in [0.5, 0.6) is 0 Å². The maximum Gasteiger partial charge on any atom is 0.331 e. The summed E-state index contributed by atoms with van der Waals surface area (Å²) in [6.45, 7) is 10.6. The molecule has 1 aliphatic heterocycles. The highest BCUT2D eigenvalue weighted by Crippen LogP contribution is 2.25. The van der Waals surface area contributed by atoms with E-state index in [1.165, 1.54) is 11.6 Å². The van der Waals surface area contributed by atoms with Crippen molar-refractivity contribution in [3.8, 4) is 0 Å². The number of likely N-dealkylation sites (tertiary alicyclic amines) is 1. The molecule has 1 aliphatic rings. The van der Waals surface area contributed by atoms with E-state index in [1.807, 2.05) is 30.3 Å². The minimum atomic E-state index is -0.249. The summed E-state index contributed by atoms with van der Waals surface area (Å²) in [5.74, 6) is 0.0986. The van der Waals surface area contributed by atoms with Gasteiger partial charge in [0.25, 0.3) is 0 Å². The lowest BCUT2D eigenvalue weighted by Gasteiger charge is -2.40. The van der Waals surface area contributed by atoms with Crippen LogP contribution >= 0.6 is 12.4 Å². The Morgan fingerprint density at radius 1 is 1.24 bits per heavy atom. The molecule has 1 saturated heterocycles. The van der Waals surface area contributed by atoms with Crippen molar-refractivity contribution in [2.24, 2.45) is 5.92 Å². The van der Waals surface area contributed by atoms with Gasteiger partial charge in [-0.3, -0.25) is 4.90 Å². The normalized spacial score (nSPS) is 23.8. The van der Waals surface area contributed by atoms with Gasteiger partial charge in [0.05, 0.1) is 0 Å². The van der Waals surface area contributed by atoms with Gasteiger partial charge in [0.1, 0.15) is 6.10 Å². The Kier molecular flexibility index (Phi) is 8.95. The van der Waals surface area contributed by atoms with Gasteiger partial charge in [-0.05, 0) is 32.4 Å². The summed E-state index contributed by atoms with van der Waals surface area (Å²) in [5.41, 5.74) is 2.35. The molecule has 3 unspecified atom stereocenters. The van der Waals surface area contributed by atoms with Crippen LogP contribution in [-0.2, 0) is 9.53 Å². The quantitative estimate of drug-likeness (QED) is 0.430. The highest BCUT2D eigenvalue weighted by molar-refractivity contribution is 5.87. The van der Waals surface area contributed by atoms with Crippen LogP contribution in [0.4, 0.5) is 0 Å². The van der Waals surface area contributed by atoms with Crippen molar-refractivity contribution in [3.63, 3.8) is 0 Å². The second kappa shape index (κ2) is 10.4. The van der Waals surface area contributed by atoms with Gasteiger partial charge in [0, 0.05) is 37.5 Å². The number of nitrogens with zero attached hydrogens (tertiary/aromatic N) is 1. The van der Waals surface area contributed by atoms with E-state index in [2.05, 4.69) is 38.7 Å². The van der Waals surface area contributed by atoms with Crippen molar-refractivity contribution in [2.75, 3.05) is 13.1 Å². The smallest absolute Gasteiger partial charge is 0.331 e. The fourth-order valence-electron chi connectivity index (χ4n) is 3.02. The van der Waals surface area contributed by atoms with Gasteiger partial charge in [-0.15, -0.1) is 12.4 Å². The molecule has 3 atom stereocenters. The number of carbonyl (C=O) groups is 1. The zero-order chi connectivity index (χ0) is 17.5. The third kappa shape index (κ3) is 7.05. The summed E-state index contributed by atoms with van der Waals surface area (Å²) in [7, 11) is 0. The van der Waals surface area contributed by atoms with E-state index in [1.54, 1.807) is 6.08 Å². The van der Waals surface area contributed by atoms with Gasteiger partial charge < -0.3 is 4.74 Å². The summed E-state index contributed by atoms with van der Waals surface area (Å²) in [5, 5.41) is 0. The molecule has 3 nitrogen and oxygen atoms in total. The first-order valence-electron chi connectivity index (χ1n) is 8.77. The molecule has 25 heavy (non-hydrogen) atoms. The fraction of sp³-hybridized carbons (Fsp3) is 0.476. The van der Waals surface area contributed by atoms with Crippen LogP contribution in [0.3, 0.4) is 0 Å². The minimum absolute atomic E-state index is 0. The van der Waals surface area contributed by atoms with Gasteiger partial charge in [-0.1, -0.05) is 48.9 Å². The summed E-state index contributed by atoms with van der Waals surface area (Å²) in [6.07, 6.45) is 6.49. The minimum Gasteiger partial charge on any atom is -0.459 e. The number of hydrogen-bond acceptors (Lipinski definition) is 3. The third-order valence-corrected chi connectivity index (χ3v) is 4.57. The Morgan fingerprint density at radius 3 is 2.56 bits per heavy atom. The van der Waals surface area contributed by atoms with Crippen molar-refractivity contribution in [2.45, 2.75) is 46.3 Å². The molecule has 0 amide bonds. The maximum atomic E-state index is 12.1. The molecular weight excluding hydrogens is 334 g/mol. The van der Waals surface area contributed by atoms with E-state index in [0.29, 0.717) is 12.0 Å². The van der Waals surface area contributed by atoms with Crippen LogP contribution in [0.1, 0.15) is 39.7 Å². The number of esters is 1. The molecule has 1 heterocycles. The molecule has 4 heteroatoms. The molecule has 0 spiro atoms. The molecule has 1 fully saturated rings. The number of ether oxygens (including phenoxy) is 1. The fourth-order valence-corrected chi connectivity index (χ4v) is 3.02. The summed E-state index contributed by atoms with van der Waals surface area (Å²) < 4.78 is 5.70. The topological polar surface area (TPSA) is 29.5 Å². The molecule has 0 radical (unpaired) electrons. The van der Waals surface area contributed by atoms with E-state index in [9.17, 15) is 4.79 Å². The Morgan fingerprint density at radius 2 is 1.92 bits per heavy atom. The Hall–Kier alpha value is -1.58. The Balaban J connectivity index is 0.00000312. The molecule has 0 aliphatic carbocycles. The monoisotopic (exact) mass is 363 g/mol. The molecule has 0 N–H and O–H groups in total. The number of carbonyl (C=O) groups excluding carboxylic acids is 1. The average Bonchev–Trinajstić information content (AvgIpc) is 2.55. The predicted molar refractivity (Wildman–Crippen MR) is 107 cm³/mol. The van der Waals surface area contributed by atoms with Gasteiger partial charge in [0.2, 0.25) is 0 Å². The zero-order valence-electron chi connectivity index (χ0n) is 15.6. The lowest BCUT2D eigenvalue weighted by atomic mass is 9.91. The van der Waals surface area contributed by atoms with Gasteiger partial charge in [0.15, 0.2) is 0 Å². The van der Waals surface area contributed by atoms with Crippen LogP contribution in [0.25, 0.3) is 6.08 Å². The van der Waals surface area contributed by atoms with Crippen molar-refractivity contribution < 1.29 is 9.53 Å². The predicted octanol–water partition coefficient (Wildman–Crippen LogP) is 4.73. The Labute approximate surface area is 158 Å². The first-order chi connectivity index (χ1) is 11.5. The number of benzene rings is 1. The van der Waals surface area contributed by atoms with Crippen molar-refractivity contribution >= 4 is 24.5 Å². The number of hydrogen-bond donors (Lipinski definition) is 0. The highest BCUT2D eigenvalue weighted by Gasteiger charge is 2.32. The molecular formula is C21H30ClNO2. The van der Waals surface area contributed by atoms with E-state index < -0.39 is 0 Å². The van der Waals surface area contributed by atoms with Gasteiger partial charge in [-0.25, -0.2) is 4.79 Å². The van der Waals surface area contributed by atoms with Crippen molar-refractivity contribution in [1.82, 2.24) is 4.90 Å². The van der Waals surface area contributed by atoms with E-state index in [0.717, 1.165) is 25.1 Å². The summed E-state index contributed by atoms with van der Waals surface area (Å²) in [4.78, 5) is 14.6. The number of rotatable bonds is 5. The highest BCUT2D eigenvalue weighted by atomic mass is 35.5. The zero-order valence-corrected chi connectivity index (χ0v) is 16.5. The summed E-state index contributed by atoms with van der Waals surface area (Å²) in [6, 6.07) is 10.2. The van der Waals surface area contributed by atoms with Crippen molar-refractivity contribution in [1.29, 1.82) is 0 Å². The second-order valence-electron chi connectivity index (χ2n) is 7.02. The summed E-state index contributed by atoms with van der Waals surface area (Å²) >= 11 is 0. The lowest BCUT2D eigenvalue weighted by Crippen LogP contribution is -2.48. The molecule has 2 rings (SSSR count). The van der Waals surface area contributed by atoms with Crippen LogP contribution in [0.2, 0.25) is 0 Å².